The van der Waals surface area contributed by atoms with Crippen LogP contribution in [0.25, 0.3) is 0 Å². The van der Waals surface area contributed by atoms with E-state index >= 15 is 0 Å². The van der Waals surface area contributed by atoms with Crippen LogP contribution in [0, 0.1) is 6.92 Å². The van der Waals surface area contributed by atoms with Crippen molar-refractivity contribution in [3.05, 3.63) is 88.4 Å². The van der Waals surface area contributed by atoms with Gasteiger partial charge in [0.15, 0.2) is 0 Å². The first-order chi connectivity index (χ1) is 14.7. The van der Waals surface area contributed by atoms with Crippen LogP contribution in [0.3, 0.4) is 0 Å². The van der Waals surface area contributed by atoms with E-state index < -0.39 is 21.9 Å². The molecule has 3 aromatic carbocycles. The topological polar surface area (TPSA) is 102 Å². The molecule has 0 unspecified atom stereocenters. The van der Waals surface area contributed by atoms with Gasteiger partial charge in [-0.2, -0.15) is 0 Å². The molecule has 0 spiro atoms. The molecule has 0 radical (unpaired) electrons. The molecule has 2 N–H and O–H groups in total. The third-order valence-electron chi connectivity index (χ3n) is 4.43. The summed E-state index contributed by atoms with van der Waals surface area (Å²) in [6.45, 7) is 1.72. The predicted molar refractivity (Wildman–Crippen MR) is 119 cm³/mol. The van der Waals surface area contributed by atoms with Crippen molar-refractivity contribution in [3.8, 4) is 0 Å². The molecule has 0 fully saturated rings. The molecule has 0 atom stereocenters. The number of carbonyl (C=O) groups excluding carboxylic acids is 2. The lowest BCUT2D eigenvalue weighted by atomic mass is 10.1. The minimum Gasteiger partial charge on any atom is -0.465 e. The van der Waals surface area contributed by atoms with E-state index in [1.807, 2.05) is 0 Å². The predicted octanol–water partition coefficient (Wildman–Crippen LogP) is 4.49. The lowest BCUT2D eigenvalue weighted by Crippen LogP contribution is -2.16. The zero-order chi connectivity index (χ0) is 22.6. The molecule has 160 valence electrons. The van der Waals surface area contributed by atoms with Gasteiger partial charge < -0.3 is 10.1 Å². The average molecular weight is 459 g/mol. The number of halogens is 1. The Morgan fingerprint density at radius 2 is 1.55 bits per heavy atom. The van der Waals surface area contributed by atoms with Crippen molar-refractivity contribution in [2.45, 2.75) is 11.8 Å². The number of anilines is 2. The number of hydrogen-bond donors (Lipinski definition) is 2. The van der Waals surface area contributed by atoms with Crippen molar-refractivity contribution >= 4 is 44.9 Å². The first kappa shape index (κ1) is 22.3. The fraction of sp³-hybridized carbons (Fsp3) is 0.0909. The molecular formula is C22H19ClN2O5S. The number of esters is 1. The zero-order valence-corrected chi connectivity index (χ0v) is 18.3. The van der Waals surface area contributed by atoms with Gasteiger partial charge >= 0.3 is 5.97 Å². The quantitative estimate of drug-likeness (QED) is 0.530. The monoisotopic (exact) mass is 458 g/mol. The van der Waals surface area contributed by atoms with Crippen LogP contribution in [0.15, 0.2) is 71.6 Å². The highest BCUT2D eigenvalue weighted by Gasteiger charge is 2.17. The lowest BCUT2D eigenvalue weighted by Gasteiger charge is -2.13. The summed E-state index contributed by atoms with van der Waals surface area (Å²) in [7, 11) is -2.57. The Balaban J connectivity index is 1.86. The lowest BCUT2D eigenvalue weighted by molar-refractivity contribution is 0.0600. The molecule has 31 heavy (non-hydrogen) atoms. The van der Waals surface area contributed by atoms with Gasteiger partial charge in [0.1, 0.15) is 0 Å². The van der Waals surface area contributed by atoms with E-state index in [9.17, 15) is 18.0 Å². The molecule has 0 aliphatic carbocycles. The fourth-order valence-corrected chi connectivity index (χ4v) is 4.04. The molecule has 0 aromatic heterocycles. The van der Waals surface area contributed by atoms with Crippen LogP contribution < -0.4 is 10.0 Å². The number of rotatable bonds is 6. The van der Waals surface area contributed by atoms with Gasteiger partial charge in [0.25, 0.3) is 15.9 Å². The third kappa shape index (κ3) is 5.22. The Bertz CT molecular complexity index is 1240. The van der Waals surface area contributed by atoms with Gasteiger partial charge in [0, 0.05) is 5.56 Å². The summed E-state index contributed by atoms with van der Waals surface area (Å²) in [5.41, 5.74) is 1.56. The van der Waals surface area contributed by atoms with Crippen molar-refractivity contribution in [1.82, 2.24) is 0 Å². The van der Waals surface area contributed by atoms with E-state index in [1.54, 1.807) is 37.3 Å². The average Bonchev–Trinajstić information content (AvgIpc) is 2.76. The number of carbonyl (C=O) groups is 2. The number of benzene rings is 3. The second kappa shape index (κ2) is 9.20. The van der Waals surface area contributed by atoms with Crippen LogP contribution >= 0.6 is 11.6 Å². The number of sulfonamides is 1. The summed E-state index contributed by atoms with van der Waals surface area (Å²) in [6, 6.07) is 16.9. The van der Waals surface area contributed by atoms with E-state index in [2.05, 4.69) is 14.8 Å². The third-order valence-corrected chi connectivity index (χ3v) is 6.14. The maximum Gasteiger partial charge on any atom is 0.337 e. The van der Waals surface area contributed by atoms with E-state index in [1.165, 1.54) is 43.5 Å². The second-order valence-electron chi connectivity index (χ2n) is 6.59. The SMILES string of the molecule is COC(=O)c1ccc(Cl)c(NC(=O)c2ccc(C)c(NS(=O)(=O)c3ccccc3)c2)c1. The fourth-order valence-electron chi connectivity index (χ4n) is 2.74. The van der Waals surface area contributed by atoms with Gasteiger partial charge in [-0.3, -0.25) is 9.52 Å². The maximum atomic E-state index is 12.8. The minimum absolute atomic E-state index is 0.107. The molecule has 7 nitrogen and oxygen atoms in total. The van der Waals surface area contributed by atoms with Gasteiger partial charge in [-0.25, -0.2) is 13.2 Å². The Kier molecular flexibility index (Phi) is 6.62. The zero-order valence-electron chi connectivity index (χ0n) is 16.7. The number of hydrogen-bond acceptors (Lipinski definition) is 5. The minimum atomic E-state index is -3.82. The summed E-state index contributed by atoms with van der Waals surface area (Å²) in [5, 5.41) is 2.87. The van der Waals surface area contributed by atoms with Crippen LogP contribution in [-0.4, -0.2) is 27.4 Å². The first-order valence-electron chi connectivity index (χ1n) is 9.09. The van der Waals surface area contributed by atoms with Crippen LogP contribution in [0.4, 0.5) is 11.4 Å². The molecule has 3 aromatic rings. The molecule has 0 saturated carbocycles. The normalized spacial score (nSPS) is 10.9. The molecular weight excluding hydrogens is 440 g/mol. The largest absolute Gasteiger partial charge is 0.465 e. The summed E-state index contributed by atoms with van der Waals surface area (Å²) < 4.78 is 32.4. The number of ether oxygens (including phenoxy) is 1. The van der Waals surface area contributed by atoms with Gasteiger partial charge in [0.05, 0.1) is 34.0 Å². The molecule has 0 aliphatic rings. The maximum absolute atomic E-state index is 12.8. The highest BCUT2D eigenvalue weighted by molar-refractivity contribution is 7.92. The van der Waals surface area contributed by atoms with E-state index in [4.69, 9.17) is 11.6 Å². The first-order valence-corrected chi connectivity index (χ1v) is 10.9. The van der Waals surface area contributed by atoms with Crippen molar-refractivity contribution in [3.63, 3.8) is 0 Å². The van der Waals surface area contributed by atoms with E-state index in [0.29, 0.717) is 5.56 Å². The Labute approximate surface area is 185 Å². The molecule has 9 heteroatoms. The van der Waals surface area contributed by atoms with E-state index in [0.717, 1.165) is 0 Å². The highest BCUT2D eigenvalue weighted by atomic mass is 35.5. The standard InChI is InChI=1S/C22H19ClN2O5S/c1-14-8-9-15(12-19(14)25-31(28,29)17-6-4-3-5-7-17)21(26)24-20-13-16(22(27)30-2)10-11-18(20)23/h3-13,25H,1-2H3,(H,24,26). The number of methoxy groups -OCH3 is 1. The van der Waals surface area contributed by atoms with Gasteiger partial charge in [-0.15, -0.1) is 0 Å². The molecule has 0 heterocycles. The number of nitrogens with one attached hydrogen (secondary N) is 2. The highest BCUT2D eigenvalue weighted by Crippen LogP contribution is 2.26. The summed E-state index contributed by atoms with van der Waals surface area (Å²) >= 11 is 6.13. The van der Waals surface area contributed by atoms with Crippen LogP contribution in [0.2, 0.25) is 5.02 Å². The molecule has 0 aliphatic heterocycles. The Hall–Kier alpha value is -3.36. The number of amides is 1. The Morgan fingerprint density at radius 3 is 2.23 bits per heavy atom. The smallest absolute Gasteiger partial charge is 0.337 e. The van der Waals surface area contributed by atoms with Crippen molar-refractivity contribution < 1.29 is 22.7 Å². The molecule has 1 amide bonds. The van der Waals surface area contributed by atoms with Crippen LogP contribution in [-0.2, 0) is 14.8 Å². The van der Waals surface area contributed by atoms with Crippen molar-refractivity contribution in [2.24, 2.45) is 0 Å². The summed E-state index contributed by atoms with van der Waals surface area (Å²) in [6.07, 6.45) is 0. The van der Waals surface area contributed by atoms with Gasteiger partial charge in [-0.05, 0) is 55.0 Å². The van der Waals surface area contributed by atoms with Gasteiger partial charge in [0.2, 0.25) is 0 Å². The van der Waals surface area contributed by atoms with Crippen molar-refractivity contribution in [2.75, 3.05) is 17.1 Å². The van der Waals surface area contributed by atoms with E-state index in [-0.39, 0.29) is 32.4 Å². The molecule has 3 rings (SSSR count). The summed E-state index contributed by atoms with van der Waals surface area (Å²) in [5.74, 6) is -1.09. The van der Waals surface area contributed by atoms with Crippen LogP contribution in [0.1, 0.15) is 26.3 Å². The molecule has 0 bridgehead atoms. The van der Waals surface area contributed by atoms with Crippen LogP contribution in [0.5, 0.6) is 0 Å². The Morgan fingerprint density at radius 1 is 0.903 bits per heavy atom. The second-order valence-corrected chi connectivity index (χ2v) is 8.68. The van der Waals surface area contributed by atoms with Gasteiger partial charge in [-0.1, -0.05) is 35.9 Å². The van der Waals surface area contributed by atoms with Crippen molar-refractivity contribution in [1.29, 1.82) is 0 Å². The summed E-state index contributed by atoms with van der Waals surface area (Å²) in [4.78, 5) is 24.6. The number of aryl methyl sites for hydroxylation is 1. The molecule has 0 saturated heterocycles.